The number of hydrogen-bond acceptors (Lipinski definition) is 4. The Kier molecular flexibility index (Phi) is 6.45. The van der Waals surface area contributed by atoms with E-state index in [4.69, 9.17) is 0 Å². The van der Waals surface area contributed by atoms with Gasteiger partial charge >= 0.3 is 0 Å². The predicted octanol–water partition coefficient (Wildman–Crippen LogP) is 1.74. The quantitative estimate of drug-likeness (QED) is 0.883. The summed E-state index contributed by atoms with van der Waals surface area (Å²) in [5.41, 5.74) is 0.971. The summed E-state index contributed by atoms with van der Waals surface area (Å²) in [6.07, 6.45) is 3.08. The number of carbonyl (C=O) groups excluding carboxylic acids is 1. The molecular formula is C20H31N3O2. The zero-order valence-corrected chi connectivity index (χ0v) is 15.3. The molecule has 2 aliphatic rings. The summed E-state index contributed by atoms with van der Waals surface area (Å²) < 4.78 is 0. The van der Waals surface area contributed by atoms with E-state index in [1.807, 2.05) is 30.3 Å². The number of β-amino-alcohol motifs (C(OH)–C–C–N with tert-alkyl or cyclic N) is 1. The Balaban J connectivity index is 1.42. The molecule has 1 aromatic rings. The molecule has 1 aromatic carbocycles. The summed E-state index contributed by atoms with van der Waals surface area (Å²) in [6, 6.07) is 10.2. The maximum Gasteiger partial charge on any atom is 0.236 e. The summed E-state index contributed by atoms with van der Waals surface area (Å²) in [4.78, 5) is 19.2. The fraction of sp³-hybridized carbons (Fsp3) is 0.650. The Bertz CT molecular complexity index is 543. The van der Waals surface area contributed by atoms with Crippen LogP contribution in [-0.2, 0) is 4.79 Å². The first-order valence-corrected chi connectivity index (χ1v) is 9.60. The smallest absolute Gasteiger partial charge is 0.236 e. The van der Waals surface area contributed by atoms with Crippen molar-refractivity contribution in [2.45, 2.75) is 38.3 Å². The van der Waals surface area contributed by atoms with Gasteiger partial charge in [-0.05, 0) is 31.7 Å². The number of carbonyl (C=O) groups is 1. The maximum absolute atomic E-state index is 12.6. The van der Waals surface area contributed by atoms with Crippen LogP contribution in [0.15, 0.2) is 30.3 Å². The van der Waals surface area contributed by atoms with Crippen molar-refractivity contribution in [1.29, 1.82) is 0 Å². The van der Waals surface area contributed by atoms with Gasteiger partial charge in [-0.1, -0.05) is 30.3 Å². The van der Waals surface area contributed by atoms with Gasteiger partial charge in [-0.25, -0.2) is 0 Å². The van der Waals surface area contributed by atoms with E-state index in [1.54, 1.807) is 0 Å². The van der Waals surface area contributed by atoms with E-state index in [-0.39, 0.29) is 5.91 Å². The molecule has 0 saturated carbocycles. The highest BCUT2D eigenvalue weighted by Crippen LogP contribution is 2.18. The fourth-order valence-electron chi connectivity index (χ4n) is 3.91. The van der Waals surface area contributed by atoms with E-state index >= 15 is 0 Å². The second kappa shape index (κ2) is 8.79. The fourth-order valence-corrected chi connectivity index (χ4v) is 3.91. The Morgan fingerprint density at radius 2 is 1.76 bits per heavy atom. The molecule has 5 heteroatoms. The lowest BCUT2D eigenvalue weighted by Gasteiger charge is -2.38. The molecule has 138 valence electrons. The summed E-state index contributed by atoms with van der Waals surface area (Å²) in [5.74, 6) is 0.282. The first kappa shape index (κ1) is 18.4. The van der Waals surface area contributed by atoms with Crippen LogP contribution >= 0.6 is 0 Å². The lowest BCUT2D eigenvalue weighted by molar-refractivity contribution is -0.136. The van der Waals surface area contributed by atoms with Crippen molar-refractivity contribution in [3.8, 4) is 0 Å². The summed E-state index contributed by atoms with van der Waals surface area (Å²) in [7, 11) is 0. The molecule has 3 rings (SSSR count). The van der Waals surface area contributed by atoms with Crippen molar-refractivity contribution in [2.75, 3.05) is 45.8 Å². The highest BCUT2D eigenvalue weighted by Gasteiger charge is 2.26. The molecule has 0 unspecified atom stereocenters. The molecular weight excluding hydrogens is 314 g/mol. The van der Waals surface area contributed by atoms with Gasteiger partial charge in [-0.3, -0.25) is 14.6 Å². The van der Waals surface area contributed by atoms with Gasteiger partial charge < -0.3 is 10.0 Å². The summed E-state index contributed by atoms with van der Waals surface area (Å²) in [5, 5.41) is 10.4. The van der Waals surface area contributed by atoms with Gasteiger partial charge in [-0.2, -0.15) is 0 Å². The zero-order valence-electron chi connectivity index (χ0n) is 15.3. The number of amides is 1. The van der Waals surface area contributed by atoms with Crippen LogP contribution in [0.3, 0.4) is 0 Å². The molecule has 2 fully saturated rings. The third kappa shape index (κ3) is 5.03. The molecule has 2 aliphatic heterocycles. The Morgan fingerprint density at radius 1 is 1.08 bits per heavy atom. The van der Waals surface area contributed by atoms with Gasteiger partial charge in [0.15, 0.2) is 0 Å². The van der Waals surface area contributed by atoms with Crippen LogP contribution in [0.25, 0.3) is 0 Å². The van der Waals surface area contributed by atoms with Crippen LogP contribution in [0, 0.1) is 0 Å². The number of piperidine rings is 1. The van der Waals surface area contributed by atoms with E-state index in [9.17, 15) is 9.90 Å². The minimum absolute atomic E-state index is 0.282. The molecule has 2 heterocycles. The van der Waals surface area contributed by atoms with Crippen LogP contribution in [0.2, 0.25) is 0 Å². The van der Waals surface area contributed by atoms with Gasteiger partial charge in [0.25, 0.3) is 0 Å². The number of nitrogens with zero attached hydrogens (tertiary/aromatic N) is 3. The van der Waals surface area contributed by atoms with E-state index in [0.29, 0.717) is 19.1 Å². The minimum atomic E-state index is -0.441. The molecule has 0 bridgehead atoms. The van der Waals surface area contributed by atoms with Crippen molar-refractivity contribution < 1.29 is 9.90 Å². The van der Waals surface area contributed by atoms with Gasteiger partial charge in [0, 0.05) is 45.3 Å². The van der Waals surface area contributed by atoms with Gasteiger partial charge in [0.2, 0.25) is 5.91 Å². The second-order valence-corrected chi connectivity index (χ2v) is 7.44. The van der Waals surface area contributed by atoms with Crippen LogP contribution < -0.4 is 0 Å². The number of rotatable bonds is 5. The molecule has 0 aliphatic carbocycles. The number of aliphatic hydroxyl groups excluding tert-OH is 1. The number of benzene rings is 1. The third-order valence-corrected chi connectivity index (χ3v) is 5.56. The van der Waals surface area contributed by atoms with Crippen molar-refractivity contribution in [3.63, 3.8) is 0 Å². The zero-order chi connectivity index (χ0) is 17.6. The number of hydrogen-bond donors (Lipinski definition) is 1. The van der Waals surface area contributed by atoms with Crippen molar-refractivity contribution in [1.82, 2.24) is 14.7 Å². The molecule has 0 aromatic heterocycles. The van der Waals surface area contributed by atoms with Gasteiger partial charge in [0.1, 0.15) is 0 Å². The maximum atomic E-state index is 12.6. The van der Waals surface area contributed by atoms with E-state index < -0.39 is 6.10 Å². The average molecular weight is 345 g/mol. The van der Waals surface area contributed by atoms with E-state index in [2.05, 4.69) is 21.6 Å². The highest BCUT2D eigenvalue weighted by molar-refractivity contribution is 5.78. The van der Waals surface area contributed by atoms with Crippen molar-refractivity contribution >= 4 is 5.91 Å². The Morgan fingerprint density at radius 3 is 2.44 bits per heavy atom. The van der Waals surface area contributed by atoms with E-state index in [1.165, 1.54) is 6.42 Å². The molecule has 1 amide bonds. The largest absolute Gasteiger partial charge is 0.387 e. The van der Waals surface area contributed by atoms with Crippen LogP contribution in [0.1, 0.15) is 37.9 Å². The first-order valence-electron chi connectivity index (χ1n) is 9.60. The van der Waals surface area contributed by atoms with Crippen LogP contribution in [-0.4, -0.2) is 77.6 Å². The monoisotopic (exact) mass is 345 g/mol. The first-order chi connectivity index (χ1) is 12.1. The second-order valence-electron chi connectivity index (χ2n) is 7.44. The van der Waals surface area contributed by atoms with Crippen LogP contribution in [0.5, 0.6) is 0 Å². The van der Waals surface area contributed by atoms with Gasteiger partial charge in [0.05, 0.1) is 12.6 Å². The lowest BCUT2D eigenvalue weighted by atomic mass is 10.0. The predicted molar refractivity (Wildman–Crippen MR) is 99.3 cm³/mol. The highest BCUT2D eigenvalue weighted by atomic mass is 16.3. The number of likely N-dealkylation sites (tertiary alicyclic amines) is 1. The van der Waals surface area contributed by atoms with Gasteiger partial charge in [-0.15, -0.1) is 0 Å². The molecule has 2 saturated heterocycles. The Labute approximate surface area is 151 Å². The normalized spacial score (nSPS) is 24.2. The summed E-state index contributed by atoms with van der Waals surface area (Å²) in [6.45, 7) is 7.90. The molecule has 0 spiro atoms. The summed E-state index contributed by atoms with van der Waals surface area (Å²) >= 11 is 0. The molecule has 5 nitrogen and oxygen atoms in total. The van der Waals surface area contributed by atoms with Crippen LogP contribution in [0.4, 0.5) is 0 Å². The van der Waals surface area contributed by atoms with Crippen molar-refractivity contribution in [3.05, 3.63) is 35.9 Å². The SMILES string of the molecule is C[C@@H]1CCCCN1C(=O)CN1CCN(C[C@H](O)c2ccccc2)CC1. The molecule has 1 N–H and O–H groups in total. The molecule has 25 heavy (non-hydrogen) atoms. The number of aliphatic hydroxyl groups is 1. The standard InChI is InChI=1S/C20H31N3O2/c1-17-7-5-6-10-23(17)20(25)16-22-13-11-21(12-14-22)15-19(24)18-8-3-2-4-9-18/h2-4,8-9,17,19,24H,5-7,10-16H2,1H3/t17-,19+/m1/s1. The number of piperazine rings is 1. The average Bonchev–Trinajstić information content (AvgIpc) is 2.64. The lowest BCUT2D eigenvalue weighted by Crippen LogP contribution is -2.52. The third-order valence-electron chi connectivity index (χ3n) is 5.56. The van der Waals surface area contributed by atoms with E-state index in [0.717, 1.165) is 51.1 Å². The minimum Gasteiger partial charge on any atom is -0.387 e. The molecule has 0 radical (unpaired) electrons. The topological polar surface area (TPSA) is 47.0 Å². The Hall–Kier alpha value is -1.43. The molecule has 2 atom stereocenters. The van der Waals surface area contributed by atoms with Crippen molar-refractivity contribution in [2.24, 2.45) is 0 Å².